The first kappa shape index (κ1) is 22.6. The van der Waals surface area contributed by atoms with E-state index in [4.69, 9.17) is 9.47 Å². The second-order valence-corrected chi connectivity index (χ2v) is 7.84. The van der Waals surface area contributed by atoms with Crippen LogP contribution in [0.1, 0.15) is 23.4 Å². The van der Waals surface area contributed by atoms with Gasteiger partial charge in [0.2, 0.25) is 5.91 Å². The Morgan fingerprint density at radius 2 is 1.84 bits per heavy atom. The minimum absolute atomic E-state index is 0.00796. The fraction of sp³-hybridized carbons (Fsp3) is 0.318. The van der Waals surface area contributed by atoms with E-state index >= 15 is 0 Å². The highest BCUT2D eigenvalue weighted by atomic mass is 32.2. The Hall–Kier alpha value is -3.07. The van der Waals surface area contributed by atoms with Crippen LogP contribution in [0.15, 0.2) is 42.5 Å². The van der Waals surface area contributed by atoms with Gasteiger partial charge in [-0.15, -0.1) is 11.8 Å². The molecular formula is C22H22FNO6S. The summed E-state index contributed by atoms with van der Waals surface area (Å²) in [5.41, 5.74) is 2.36. The number of carbonyl (C=O) groups excluding carboxylic acids is 3. The number of hydrogen-bond acceptors (Lipinski definition) is 7. The first-order valence-corrected chi connectivity index (χ1v) is 10.6. The lowest BCUT2D eigenvalue weighted by Gasteiger charge is -2.26. The second kappa shape index (κ2) is 10.3. The Bertz CT molecular complexity index is 965. The molecule has 1 fully saturated rings. The standard InChI is InChI=1S/C22H22FNO6S/c1-14-11-18(30-12-21(27)29-10-9-28-15(2)25)7-8-19(14)24-20(26)13-31-22(24)16-3-5-17(23)6-4-16/h3-8,11,22H,9-10,12-13H2,1-2H3. The van der Waals surface area contributed by atoms with Crippen molar-refractivity contribution in [3.8, 4) is 5.75 Å². The number of anilines is 1. The van der Waals surface area contributed by atoms with E-state index in [9.17, 15) is 18.8 Å². The van der Waals surface area contributed by atoms with Crippen molar-refractivity contribution in [1.82, 2.24) is 0 Å². The summed E-state index contributed by atoms with van der Waals surface area (Å²) in [5.74, 6) is -0.606. The summed E-state index contributed by atoms with van der Waals surface area (Å²) < 4.78 is 28.3. The number of ether oxygens (including phenoxy) is 3. The molecule has 1 atom stereocenters. The van der Waals surface area contributed by atoms with Crippen LogP contribution in [0, 0.1) is 12.7 Å². The third-order valence-corrected chi connectivity index (χ3v) is 5.67. The lowest BCUT2D eigenvalue weighted by Crippen LogP contribution is -2.28. The SMILES string of the molecule is CC(=O)OCCOC(=O)COc1ccc(N2C(=O)CSC2c2ccc(F)cc2)c(C)c1. The summed E-state index contributed by atoms with van der Waals surface area (Å²) in [6.07, 6.45) is 0. The van der Waals surface area contributed by atoms with E-state index in [0.717, 1.165) is 16.8 Å². The van der Waals surface area contributed by atoms with Gasteiger partial charge >= 0.3 is 11.9 Å². The average molecular weight is 447 g/mol. The molecule has 1 unspecified atom stereocenters. The lowest BCUT2D eigenvalue weighted by atomic mass is 10.1. The maximum atomic E-state index is 13.3. The van der Waals surface area contributed by atoms with E-state index in [1.807, 2.05) is 6.92 Å². The highest BCUT2D eigenvalue weighted by molar-refractivity contribution is 8.00. The predicted octanol–water partition coefficient (Wildman–Crippen LogP) is 3.40. The summed E-state index contributed by atoms with van der Waals surface area (Å²) in [6.45, 7) is 2.77. The first-order valence-electron chi connectivity index (χ1n) is 9.56. The first-order chi connectivity index (χ1) is 14.8. The molecule has 0 aromatic heterocycles. The van der Waals surface area contributed by atoms with Crippen molar-refractivity contribution in [2.75, 3.05) is 30.5 Å². The number of rotatable bonds is 8. The third-order valence-electron chi connectivity index (χ3n) is 4.46. The zero-order valence-electron chi connectivity index (χ0n) is 17.1. The van der Waals surface area contributed by atoms with E-state index in [1.54, 1.807) is 35.2 Å². The summed E-state index contributed by atoms with van der Waals surface area (Å²) in [6, 6.07) is 11.3. The average Bonchev–Trinajstić information content (AvgIpc) is 3.11. The van der Waals surface area contributed by atoms with Crippen molar-refractivity contribution in [3.05, 3.63) is 59.4 Å². The zero-order chi connectivity index (χ0) is 22.4. The van der Waals surface area contributed by atoms with Crippen LogP contribution in [0.3, 0.4) is 0 Å². The summed E-state index contributed by atoms with van der Waals surface area (Å²) in [4.78, 5) is 36.6. The van der Waals surface area contributed by atoms with E-state index in [2.05, 4.69) is 4.74 Å². The number of hydrogen-bond donors (Lipinski definition) is 0. The van der Waals surface area contributed by atoms with Crippen LogP contribution >= 0.6 is 11.8 Å². The molecule has 0 spiro atoms. The van der Waals surface area contributed by atoms with E-state index in [-0.39, 0.29) is 36.9 Å². The molecule has 1 aliphatic heterocycles. The Kier molecular flexibility index (Phi) is 7.51. The number of esters is 2. The highest BCUT2D eigenvalue weighted by Gasteiger charge is 2.34. The predicted molar refractivity (Wildman–Crippen MR) is 113 cm³/mol. The molecule has 9 heteroatoms. The van der Waals surface area contributed by atoms with Gasteiger partial charge in [0.25, 0.3) is 0 Å². The molecule has 31 heavy (non-hydrogen) atoms. The van der Waals surface area contributed by atoms with Gasteiger partial charge in [-0.1, -0.05) is 12.1 Å². The van der Waals surface area contributed by atoms with Crippen LogP contribution < -0.4 is 9.64 Å². The fourth-order valence-corrected chi connectivity index (χ4v) is 4.24. The molecule has 1 aliphatic rings. The largest absolute Gasteiger partial charge is 0.482 e. The van der Waals surface area contributed by atoms with Crippen molar-refractivity contribution in [1.29, 1.82) is 0 Å². The number of nitrogens with zero attached hydrogens (tertiary/aromatic N) is 1. The highest BCUT2D eigenvalue weighted by Crippen LogP contribution is 2.43. The molecule has 2 aromatic rings. The molecule has 1 saturated heterocycles. The lowest BCUT2D eigenvalue weighted by molar-refractivity contribution is -0.152. The molecule has 7 nitrogen and oxygen atoms in total. The molecule has 3 rings (SSSR count). The Balaban J connectivity index is 1.63. The maximum absolute atomic E-state index is 13.3. The van der Waals surface area contributed by atoms with Gasteiger partial charge in [-0.3, -0.25) is 14.5 Å². The monoisotopic (exact) mass is 447 g/mol. The topological polar surface area (TPSA) is 82.1 Å². The summed E-state index contributed by atoms with van der Waals surface area (Å²) in [5, 5.41) is -0.245. The van der Waals surface area contributed by atoms with E-state index in [0.29, 0.717) is 11.5 Å². The van der Waals surface area contributed by atoms with Crippen molar-refractivity contribution in [2.24, 2.45) is 0 Å². The Morgan fingerprint density at radius 1 is 1.13 bits per heavy atom. The minimum atomic E-state index is -0.587. The van der Waals surface area contributed by atoms with Gasteiger partial charge in [0.1, 0.15) is 30.2 Å². The number of halogens is 1. The van der Waals surface area contributed by atoms with Gasteiger partial charge in [-0.2, -0.15) is 0 Å². The van der Waals surface area contributed by atoms with Gasteiger partial charge in [0, 0.05) is 12.6 Å². The van der Waals surface area contributed by atoms with Crippen LogP contribution in [0.5, 0.6) is 5.75 Å². The van der Waals surface area contributed by atoms with Crippen LogP contribution in [0.25, 0.3) is 0 Å². The van der Waals surface area contributed by atoms with Crippen molar-refractivity contribution in [2.45, 2.75) is 19.2 Å². The van der Waals surface area contributed by atoms with Gasteiger partial charge in [-0.25, -0.2) is 9.18 Å². The Labute approximate surface area is 183 Å². The fourth-order valence-electron chi connectivity index (χ4n) is 3.07. The molecule has 0 bridgehead atoms. The van der Waals surface area contributed by atoms with Crippen molar-refractivity contribution >= 4 is 35.3 Å². The van der Waals surface area contributed by atoms with Crippen molar-refractivity contribution in [3.63, 3.8) is 0 Å². The van der Waals surface area contributed by atoms with Gasteiger partial charge in [0.15, 0.2) is 6.61 Å². The molecule has 0 saturated carbocycles. The zero-order valence-corrected chi connectivity index (χ0v) is 17.9. The smallest absolute Gasteiger partial charge is 0.344 e. The number of aryl methyl sites for hydroxylation is 1. The molecule has 2 aromatic carbocycles. The molecule has 0 radical (unpaired) electrons. The Morgan fingerprint density at radius 3 is 2.52 bits per heavy atom. The van der Waals surface area contributed by atoms with Gasteiger partial charge < -0.3 is 14.2 Å². The van der Waals surface area contributed by atoms with Crippen LogP contribution in [0.2, 0.25) is 0 Å². The number of carbonyl (C=O) groups is 3. The second-order valence-electron chi connectivity index (χ2n) is 6.78. The maximum Gasteiger partial charge on any atom is 0.344 e. The molecule has 1 amide bonds. The molecular weight excluding hydrogens is 425 g/mol. The molecule has 164 valence electrons. The molecule has 0 aliphatic carbocycles. The number of thioether (sulfide) groups is 1. The van der Waals surface area contributed by atoms with Crippen LogP contribution in [-0.2, 0) is 23.9 Å². The van der Waals surface area contributed by atoms with Crippen LogP contribution in [0.4, 0.5) is 10.1 Å². The summed E-state index contributed by atoms with van der Waals surface area (Å²) >= 11 is 1.48. The number of benzene rings is 2. The van der Waals surface area contributed by atoms with Gasteiger partial charge in [0.05, 0.1) is 5.75 Å². The minimum Gasteiger partial charge on any atom is -0.482 e. The summed E-state index contributed by atoms with van der Waals surface area (Å²) in [7, 11) is 0. The normalized spacial score (nSPS) is 15.6. The van der Waals surface area contributed by atoms with E-state index < -0.39 is 11.9 Å². The number of amides is 1. The van der Waals surface area contributed by atoms with E-state index in [1.165, 1.54) is 30.8 Å². The van der Waals surface area contributed by atoms with Crippen LogP contribution in [-0.4, -0.2) is 43.4 Å². The quantitative estimate of drug-likeness (QED) is 0.453. The third kappa shape index (κ3) is 5.97. The van der Waals surface area contributed by atoms with Gasteiger partial charge in [-0.05, 0) is 48.4 Å². The van der Waals surface area contributed by atoms with Crippen molar-refractivity contribution < 1.29 is 33.0 Å². The molecule has 1 heterocycles. The molecule has 0 N–H and O–H groups in total.